The molecule has 7 nitrogen and oxygen atoms in total. The molecule has 0 bridgehead atoms. The van der Waals surface area contributed by atoms with Gasteiger partial charge in [-0.15, -0.1) is 0 Å². The highest BCUT2D eigenvalue weighted by atomic mass is 16.3. The largest absolute Gasteiger partial charge is 0.455 e. The van der Waals surface area contributed by atoms with E-state index in [-0.39, 0.29) is 0 Å². The second kappa shape index (κ2) is 15.0. The van der Waals surface area contributed by atoms with Gasteiger partial charge in [0.1, 0.15) is 5.58 Å². The Hall–Kier alpha value is -9.59. The minimum Gasteiger partial charge on any atom is -0.455 e. The van der Waals surface area contributed by atoms with Crippen LogP contribution in [0, 0.1) is 0 Å². The molecule has 70 heavy (non-hydrogen) atoms. The summed E-state index contributed by atoms with van der Waals surface area (Å²) in [5.74, 6) is 1.61. The summed E-state index contributed by atoms with van der Waals surface area (Å²) in [4.78, 5) is 16.4. The summed E-state index contributed by atoms with van der Waals surface area (Å²) >= 11 is 0. The first-order chi connectivity index (χ1) is 34.8. The molecule has 15 rings (SSSR count). The molecule has 5 aromatic heterocycles. The number of furan rings is 1. The molecule has 0 N–H and O–H groups in total. The molecule has 0 saturated heterocycles. The lowest BCUT2D eigenvalue weighted by atomic mass is 9.99. The van der Waals surface area contributed by atoms with Crippen molar-refractivity contribution in [2.24, 2.45) is 0 Å². The second-order valence-corrected chi connectivity index (χ2v) is 17.9. The summed E-state index contributed by atoms with van der Waals surface area (Å²) in [6, 6.07) is 81.4. The highest BCUT2D eigenvalue weighted by Crippen LogP contribution is 2.52. The van der Waals surface area contributed by atoms with Gasteiger partial charge in [0, 0.05) is 48.8 Å². The third-order valence-electron chi connectivity index (χ3n) is 14.1. The van der Waals surface area contributed by atoms with Crippen molar-refractivity contribution in [1.82, 2.24) is 28.7 Å². The van der Waals surface area contributed by atoms with Gasteiger partial charge in [-0.25, -0.2) is 15.0 Å². The summed E-state index contributed by atoms with van der Waals surface area (Å²) in [7, 11) is 0. The molecule has 0 aliphatic carbocycles. The molecule has 0 fully saturated rings. The van der Waals surface area contributed by atoms with Gasteiger partial charge in [0.15, 0.2) is 23.1 Å². The number of rotatable bonds is 6. The molecule has 326 valence electrons. The summed E-state index contributed by atoms with van der Waals surface area (Å²) in [5.41, 5.74) is 13.1. The molecular formula is C63H38N6O. The van der Waals surface area contributed by atoms with Gasteiger partial charge in [-0.05, 0) is 42.5 Å². The standard InChI is InChI=1S/C63H38N6O/c1-3-21-39(22-4-1)61-64-62(40-23-5-2-6-24-40)66-63(65-61)56-58(68-50-34-16-9-27-43(50)44-28-10-17-35-51(44)68)59(69-52-36-18-11-29-45(52)46-30-12-19-37-53(46)69)57(55-47-31-13-20-38-54(47)70-60(55)56)67-48-32-14-7-25-41(48)42-26-8-15-33-49(42)67/h1-38H. The van der Waals surface area contributed by atoms with E-state index in [1.54, 1.807) is 0 Å². The van der Waals surface area contributed by atoms with Crippen molar-refractivity contribution in [2.45, 2.75) is 0 Å². The van der Waals surface area contributed by atoms with Crippen LogP contribution in [0.2, 0.25) is 0 Å². The predicted molar refractivity (Wildman–Crippen MR) is 286 cm³/mol. The van der Waals surface area contributed by atoms with E-state index in [1.807, 2.05) is 36.4 Å². The first-order valence-corrected chi connectivity index (χ1v) is 23.6. The van der Waals surface area contributed by atoms with Gasteiger partial charge in [0.05, 0.1) is 61.1 Å². The van der Waals surface area contributed by atoms with E-state index >= 15 is 0 Å². The molecule has 0 aliphatic rings. The van der Waals surface area contributed by atoms with Crippen LogP contribution >= 0.6 is 0 Å². The van der Waals surface area contributed by atoms with E-state index in [1.165, 1.54) is 0 Å². The Labute approximate surface area is 400 Å². The van der Waals surface area contributed by atoms with Gasteiger partial charge in [-0.3, -0.25) is 0 Å². The van der Waals surface area contributed by atoms with E-state index in [4.69, 9.17) is 19.4 Å². The van der Waals surface area contributed by atoms with E-state index in [9.17, 15) is 0 Å². The molecule has 0 radical (unpaired) electrons. The quantitative estimate of drug-likeness (QED) is 0.167. The monoisotopic (exact) mass is 894 g/mol. The molecular weight excluding hydrogens is 857 g/mol. The van der Waals surface area contributed by atoms with Crippen molar-refractivity contribution < 1.29 is 4.42 Å². The first kappa shape index (κ1) is 38.5. The fourth-order valence-corrected chi connectivity index (χ4v) is 11.2. The van der Waals surface area contributed by atoms with Gasteiger partial charge < -0.3 is 18.1 Å². The van der Waals surface area contributed by atoms with Gasteiger partial charge in [-0.1, -0.05) is 188 Å². The lowest BCUT2D eigenvalue weighted by Gasteiger charge is -2.25. The van der Waals surface area contributed by atoms with E-state index < -0.39 is 0 Å². The number of para-hydroxylation sites is 7. The van der Waals surface area contributed by atoms with Gasteiger partial charge in [0.25, 0.3) is 0 Å². The van der Waals surface area contributed by atoms with Crippen LogP contribution in [0.25, 0.3) is 139 Å². The minimum absolute atomic E-state index is 0.490. The van der Waals surface area contributed by atoms with Crippen LogP contribution in [0.3, 0.4) is 0 Å². The number of hydrogen-bond donors (Lipinski definition) is 0. The first-order valence-electron chi connectivity index (χ1n) is 23.6. The van der Waals surface area contributed by atoms with Gasteiger partial charge in [-0.2, -0.15) is 0 Å². The fraction of sp³-hybridized carbons (Fsp3) is 0. The lowest BCUT2D eigenvalue weighted by Crippen LogP contribution is -2.13. The van der Waals surface area contributed by atoms with Gasteiger partial charge in [0.2, 0.25) is 0 Å². The third kappa shape index (κ3) is 5.48. The average Bonchev–Trinajstić information content (AvgIpc) is 4.17. The predicted octanol–water partition coefficient (Wildman–Crippen LogP) is 16.1. The second-order valence-electron chi connectivity index (χ2n) is 17.9. The van der Waals surface area contributed by atoms with Crippen molar-refractivity contribution in [3.05, 3.63) is 231 Å². The highest BCUT2D eigenvalue weighted by Gasteiger charge is 2.34. The van der Waals surface area contributed by atoms with Gasteiger partial charge >= 0.3 is 0 Å². The maximum atomic E-state index is 7.47. The molecule has 7 heteroatoms. The Bertz CT molecular complexity index is 4380. The maximum absolute atomic E-state index is 7.47. The Balaban J connectivity index is 1.28. The Morgan fingerprint density at radius 3 is 1.00 bits per heavy atom. The molecule has 0 saturated carbocycles. The van der Waals surface area contributed by atoms with Crippen LogP contribution in [-0.4, -0.2) is 28.7 Å². The topological polar surface area (TPSA) is 66.6 Å². The van der Waals surface area contributed by atoms with Crippen LogP contribution in [0.15, 0.2) is 235 Å². The fourth-order valence-electron chi connectivity index (χ4n) is 11.2. The van der Waals surface area contributed by atoms with Crippen molar-refractivity contribution in [3.8, 4) is 51.2 Å². The molecule has 0 unspecified atom stereocenters. The zero-order chi connectivity index (χ0) is 45.9. The van der Waals surface area contributed by atoms with E-state index in [0.717, 1.165) is 116 Å². The summed E-state index contributed by atoms with van der Waals surface area (Å²) < 4.78 is 14.9. The normalized spacial score (nSPS) is 12.0. The van der Waals surface area contributed by atoms with Crippen molar-refractivity contribution >= 4 is 87.4 Å². The van der Waals surface area contributed by atoms with Crippen molar-refractivity contribution in [1.29, 1.82) is 0 Å². The third-order valence-corrected chi connectivity index (χ3v) is 14.1. The summed E-state index contributed by atoms with van der Waals surface area (Å²) in [5, 5.41) is 8.80. The molecule has 0 spiro atoms. The molecule has 15 aromatic rings. The number of hydrogen-bond acceptors (Lipinski definition) is 4. The number of nitrogens with zero attached hydrogens (tertiary/aromatic N) is 6. The SMILES string of the molecule is c1ccc(-c2nc(-c3ccccc3)nc(-c3c(-n4c5ccccc5c5ccccc54)c(-n4c5ccccc5c5ccccc54)c(-n4c5ccccc5c5ccccc54)c4c3oc3ccccc34)n2)cc1. The van der Waals surface area contributed by atoms with E-state index in [0.29, 0.717) is 23.1 Å². The van der Waals surface area contributed by atoms with Crippen molar-refractivity contribution in [2.75, 3.05) is 0 Å². The van der Waals surface area contributed by atoms with Crippen LogP contribution in [0.1, 0.15) is 0 Å². The van der Waals surface area contributed by atoms with Crippen molar-refractivity contribution in [3.63, 3.8) is 0 Å². The molecule has 0 aliphatic heterocycles. The Kier molecular flexibility index (Phi) is 8.23. The van der Waals surface area contributed by atoms with E-state index in [2.05, 4.69) is 208 Å². The number of fused-ring (bicyclic) bond motifs is 12. The van der Waals surface area contributed by atoms with Crippen LogP contribution in [-0.2, 0) is 0 Å². The highest BCUT2D eigenvalue weighted by molar-refractivity contribution is 6.22. The Morgan fingerprint density at radius 2 is 0.586 bits per heavy atom. The molecule has 0 amide bonds. The van der Waals surface area contributed by atoms with Crippen LogP contribution in [0.5, 0.6) is 0 Å². The maximum Gasteiger partial charge on any atom is 0.170 e. The number of aromatic nitrogens is 6. The minimum atomic E-state index is 0.490. The van der Waals surface area contributed by atoms with Crippen LogP contribution in [0.4, 0.5) is 0 Å². The molecule has 0 atom stereocenters. The zero-order valence-corrected chi connectivity index (χ0v) is 37.5. The Morgan fingerprint density at radius 1 is 0.271 bits per heavy atom. The summed E-state index contributed by atoms with van der Waals surface area (Å²) in [6.07, 6.45) is 0. The van der Waals surface area contributed by atoms with Crippen LogP contribution < -0.4 is 0 Å². The molecule has 5 heterocycles. The lowest BCUT2D eigenvalue weighted by molar-refractivity contribution is 0.669. The zero-order valence-electron chi connectivity index (χ0n) is 37.5. The summed E-state index contributed by atoms with van der Waals surface area (Å²) in [6.45, 7) is 0. The average molecular weight is 895 g/mol. The smallest absolute Gasteiger partial charge is 0.170 e. The molecule has 10 aromatic carbocycles. The number of benzene rings is 10.